The number of hydrogen-bond donors (Lipinski definition) is 3. The number of hydrogen-bond acceptors (Lipinski definition) is 5. The van der Waals surface area contributed by atoms with E-state index in [4.69, 9.17) is 5.73 Å². The number of nitrogens with one attached hydrogen (secondary N) is 2. The van der Waals surface area contributed by atoms with Crippen LogP contribution in [0.1, 0.15) is 27.5 Å². The minimum atomic E-state index is -0.175. The van der Waals surface area contributed by atoms with Crippen LogP contribution in [-0.2, 0) is 6.54 Å². The Bertz CT molecular complexity index is 690. The van der Waals surface area contributed by atoms with Gasteiger partial charge in [0, 0.05) is 24.2 Å². The molecule has 0 spiro atoms. The second-order valence-electron chi connectivity index (χ2n) is 5.08. The van der Waals surface area contributed by atoms with Crippen molar-refractivity contribution in [2.24, 2.45) is 5.73 Å². The van der Waals surface area contributed by atoms with Gasteiger partial charge in [-0.15, -0.1) is 11.3 Å². The molecule has 0 aliphatic carbocycles. The fourth-order valence-electron chi connectivity index (χ4n) is 2.29. The molecular weight excluding hydrogens is 296 g/mol. The van der Waals surface area contributed by atoms with Gasteiger partial charge in [0.2, 0.25) is 0 Å². The Morgan fingerprint density at radius 3 is 2.86 bits per heavy atom. The summed E-state index contributed by atoms with van der Waals surface area (Å²) in [7, 11) is 0. The van der Waals surface area contributed by atoms with Crippen LogP contribution in [0.4, 0.5) is 5.69 Å². The zero-order valence-electron chi connectivity index (χ0n) is 12.1. The number of carbonyl (C=O) groups is 1. The van der Waals surface area contributed by atoms with Crippen LogP contribution in [0.5, 0.6) is 0 Å². The summed E-state index contributed by atoms with van der Waals surface area (Å²) in [6.45, 7) is 2.31. The largest absolute Gasteiger partial charge is 0.326 e. The summed E-state index contributed by atoms with van der Waals surface area (Å²) in [6.07, 6.45) is 3.08. The van der Waals surface area contributed by atoms with E-state index in [0.29, 0.717) is 11.6 Å². The number of anilines is 1. The Morgan fingerprint density at radius 1 is 1.36 bits per heavy atom. The summed E-state index contributed by atoms with van der Waals surface area (Å²) in [6, 6.07) is 7.51. The lowest BCUT2D eigenvalue weighted by atomic mass is 10.1. The molecule has 0 saturated carbocycles. The average molecular weight is 314 g/mol. The first-order valence-electron chi connectivity index (χ1n) is 7.22. The Balaban J connectivity index is 1.69. The smallest absolute Gasteiger partial charge is 0.284 e. The molecule has 1 aromatic heterocycles. The molecule has 114 valence electrons. The van der Waals surface area contributed by atoms with Gasteiger partial charge >= 0.3 is 0 Å². The van der Waals surface area contributed by atoms with E-state index in [-0.39, 0.29) is 5.91 Å². The lowest BCUT2D eigenvalue weighted by Gasteiger charge is -2.11. The zero-order chi connectivity index (χ0) is 15.4. The normalized spacial score (nSPS) is 14.5. The molecule has 22 heavy (non-hydrogen) atoms. The van der Waals surface area contributed by atoms with Gasteiger partial charge in [0.15, 0.2) is 5.01 Å². The lowest BCUT2D eigenvalue weighted by Crippen LogP contribution is -2.20. The molecule has 1 aliphatic rings. The highest BCUT2D eigenvalue weighted by atomic mass is 32.1. The van der Waals surface area contributed by atoms with E-state index in [2.05, 4.69) is 21.7 Å². The molecule has 2 aromatic rings. The third-order valence-electron chi connectivity index (χ3n) is 3.54. The average Bonchev–Trinajstić information content (AvgIpc) is 3.06. The molecule has 3 rings (SSSR count). The topological polar surface area (TPSA) is 80.0 Å². The van der Waals surface area contributed by atoms with Crippen LogP contribution < -0.4 is 16.4 Å². The maximum atomic E-state index is 12.2. The molecule has 0 unspecified atom stereocenters. The number of aromatic nitrogens is 1. The van der Waals surface area contributed by atoms with Gasteiger partial charge in [0.05, 0.1) is 5.69 Å². The highest BCUT2D eigenvalue weighted by Crippen LogP contribution is 2.22. The summed E-state index contributed by atoms with van der Waals surface area (Å²) < 4.78 is 0. The molecule has 5 nitrogen and oxygen atoms in total. The SMILES string of the molecule is NCc1ccc(NC(=O)c2nc(C3=CCNCC3)cs2)cc1. The molecule has 6 heteroatoms. The highest BCUT2D eigenvalue weighted by Gasteiger charge is 2.14. The number of thiazole rings is 1. The van der Waals surface area contributed by atoms with Crippen molar-refractivity contribution >= 4 is 28.5 Å². The molecule has 0 saturated heterocycles. The van der Waals surface area contributed by atoms with Gasteiger partial charge in [-0.25, -0.2) is 4.98 Å². The van der Waals surface area contributed by atoms with Crippen molar-refractivity contribution in [3.63, 3.8) is 0 Å². The first-order valence-corrected chi connectivity index (χ1v) is 8.10. The Hall–Kier alpha value is -2.02. The van der Waals surface area contributed by atoms with Crippen LogP contribution >= 0.6 is 11.3 Å². The van der Waals surface area contributed by atoms with E-state index >= 15 is 0 Å². The Kier molecular flexibility index (Phi) is 4.62. The molecule has 1 amide bonds. The lowest BCUT2D eigenvalue weighted by molar-refractivity contribution is 0.102. The second kappa shape index (κ2) is 6.83. The van der Waals surface area contributed by atoms with Gasteiger partial charge in [-0.2, -0.15) is 0 Å². The molecule has 0 radical (unpaired) electrons. The van der Waals surface area contributed by atoms with Crippen molar-refractivity contribution in [2.45, 2.75) is 13.0 Å². The number of nitrogens with two attached hydrogens (primary N) is 1. The number of rotatable bonds is 4. The first-order chi connectivity index (χ1) is 10.8. The first kappa shape index (κ1) is 14.9. The fraction of sp³-hybridized carbons (Fsp3) is 0.250. The summed E-state index contributed by atoms with van der Waals surface area (Å²) in [5.41, 5.74) is 9.47. The monoisotopic (exact) mass is 314 g/mol. The van der Waals surface area contributed by atoms with Crippen molar-refractivity contribution in [3.8, 4) is 0 Å². The predicted octanol–water partition coefficient (Wildman–Crippen LogP) is 2.23. The van der Waals surface area contributed by atoms with Crippen LogP contribution in [0.25, 0.3) is 5.57 Å². The molecule has 0 bridgehead atoms. The van der Waals surface area contributed by atoms with Crippen molar-refractivity contribution in [2.75, 3.05) is 18.4 Å². The Labute approximate surface area is 133 Å². The van der Waals surface area contributed by atoms with E-state index in [0.717, 1.165) is 36.5 Å². The van der Waals surface area contributed by atoms with E-state index < -0.39 is 0 Å². The highest BCUT2D eigenvalue weighted by molar-refractivity contribution is 7.12. The van der Waals surface area contributed by atoms with Gasteiger partial charge in [-0.1, -0.05) is 18.2 Å². The summed E-state index contributed by atoms with van der Waals surface area (Å²) in [4.78, 5) is 16.7. The number of carbonyl (C=O) groups excluding carboxylic acids is 1. The van der Waals surface area contributed by atoms with E-state index in [1.54, 1.807) is 0 Å². The summed E-state index contributed by atoms with van der Waals surface area (Å²) >= 11 is 1.37. The molecule has 4 N–H and O–H groups in total. The van der Waals surface area contributed by atoms with Crippen molar-refractivity contribution in [1.29, 1.82) is 0 Å². The van der Waals surface area contributed by atoms with E-state index in [9.17, 15) is 4.79 Å². The molecule has 1 aromatic carbocycles. The van der Waals surface area contributed by atoms with Crippen molar-refractivity contribution in [1.82, 2.24) is 10.3 Å². The molecule has 0 fully saturated rings. The van der Waals surface area contributed by atoms with E-state index in [1.807, 2.05) is 29.6 Å². The molecule has 2 heterocycles. The minimum absolute atomic E-state index is 0.175. The van der Waals surface area contributed by atoms with Crippen LogP contribution in [-0.4, -0.2) is 24.0 Å². The van der Waals surface area contributed by atoms with Crippen molar-refractivity contribution < 1.29 is 4.79 Å². The van der Waals surface area contributed by atoms with Crippen LogP contribution in [0.3, 0.4) is 0 Å². The number of amides is 1. The number of nitrogens with zero attached hydrogens (tertiary/aromatic N) is 1. The second-order valence-corrected chi connectivity index (χ2v) is 5.93. The third-order valence-corrected chi connectivity index (χ3v) is 4.38. The standard InChI is InChI=1S/C16H18N4OS/c17-9-11-1-3-13(4-2-11)19-15(21)16-20-14(10-22-16)12-5-7-18-8-6-12/h1-5,10,18H,6-9,17H2,(H,19,21). The summed E-state index contributed by atoms with van der Waals surface area (Å²) in [5, 5.41) is 8.56. The van der Waals surface area contributed by atoms with Crippen LogP contribution in [0, 0.1) is 0 Å². The van der Waals surface area contributed by atoms with Crippen LogP contribution in [0.15, 0.2) is 35.7 Å². The van der Waals surface area contributed by atoms with Gasteiger partial charge < -0.3 is 16.4 Å². The van der Waals surface area contributed by atoms with Gasteiger partial charge in [-0.05, 0) is 36.2 Å². The maximum Gasteiger partial charge on any atom is 0.284 e. The predicted molar refractivity (Wildman–Crippen MR) is 89.9 cm³/mol. The Morgan fingerprint density at radius 2 is 2.18 bits per heavy atom. The third kappa shape index (κ3) is 3.41. The van der Waals surface area contributed by atoms with E-state index in [1.165, 1.54) is 16.9 Å². The molecule has 0 atom stereocenters. The van der Waals surface area contributed by atoms with Gasteiger partial charge in [0.25, 0.3) is 5.91 Å². The maximum absolute atomic E-state index is 12.2. The molecule has 1 aliphatic heterocycles. The summed E-state index contributed by atoms with van der Waals surface area (Å²) in [5.74, 6) is -0.175. The number of benzene rings is 1. The zero-order valence-corrected chi connectivity index (χ0v) is 13.0. The minimum Gasteiger partial charge on any atom is -0.326 e. The van der Waals surface area contributed by atoms with Crippen LogP contribution in [0.2, 0.25) is 0 Å². The molecular formula is C16H18N4OS. The van der Waals surface area contributed by atoms with Gasteiger partial charge in [0.1, 0.15) is 0 Å². The quantitative estimate of drug-likeness (QED) is 0.808. The van der Waals surface area contributed by atoms with Gasteiger partial charge in [-0.3, -0.25) is 4.79 Å². The van der Waals surface area contributed by atoms with Crippen molar-refractivity contribution in [3.05, 3.63) is 52.0 Å². The fourth-order valence-corrected chi connectivity index (χ4v) is 3.03.